The number of thioether (sulfide) groups is 1. The Bertz CT molecular complexity index is 240. The first-order valence-electron chi connectivity index (χ1n) is 2.89. The van der Waals surface area contributed by atoms with Crippen LogP contribution in [0.25, 0.3) is 4.91 Å². The minimum absolute atomic E-state index is 1.05. The highest BCUT2D eigenvalue weighted by Gasteiger charge is 2.00. The number of hydrogen-bond donors (Lipinski definition) is 0. The average molecular weight is 171 g/mol. The summed E-state index contributed by atoms with van der Waals surface area (Å²) in [5, 5.41) is 1.05. The van der Waals surface area contributed by atoms with E-state index in [1.54, 1.807) is 23.1 Å². The summed E-state index contributed by atoms with van der Waals surface area (Å²) in [6, 6.07) is 0. The largest absolute Gasteiger partial charge is 0.244 e. The van der Waals surface area contributed by atoms with E-state index in [1.807, 2.05) is 12.5 Å². The molecule has 10 heavy (non-hydrogen) atoms. The molecule has 0 aliphatic rings. The van der Waals surface area contributed by atoms with Crippen molar-refractivity contribution in [1.29, 1.82) is 0 Å². The molecule has 1 aromatic rings. The Hall–Kier alpha value is -0.280. The lowest BCUT2D eigenvalue weighted by molar-refractivity contribution is 1.36. The van der Waals surface area contributed by atoms with Gasteiger partial charge in [-0.25, -0.2) is 4.98 Å². The van der Waals surface area contributed by atoms with Gasteiger partial charge in [0, 0.05) is 16.0 Å². The highest BCUT2D eigenvalue weighted by Crippen LogP contribution is 2.26. The van der Waals surface area contributed by atoms with Gasteiger partial charge < -0.3 is 0 Å². The first-order chi connectivity index (χ1) is 4.74. The monoisotopic (exact) mass is 171 g/mol. The molecule has 0 radical (unpaired) electrons. The van der Waals surface area contributed by atoms with Gasteiger partial charge in [-0.1, -0.05) is 6.58 Å². The van der Waals surface area contributed by atoms with Gasteiger partial charge in [-0.3, -0.25) is 0 Å². The van der Waals surface area contributed by atoms with Crippen LogP contribution in [0.15, 0.2) is 12.8 Å². The van der Waals surface area contributed by atoms with E-state index in [0.717, 1.165) is 9.91 Å². The van der Waals surface area contributed by atoms with E-state index in [-0.39, 0.29) is 0 Å². The van der Waals surface area contributed by atoms with E-state index in [2.05, 4.69) is 18.5 Å². The maximum atomic E-state index is 4.18. The molecule has 0 spiro atoms. The Morgan fingerprint density at radius 3 is 2.90 bits per heavy atom. The summed E-state index contributed by atoms with van der Waals surface area (Å²) in [4.78, 5) is 6.48. The lowest BCUT2D eigenvalue weighted by atomic mass is 10.6. The summed E-state index contributed by atoms with van der Waals surface area (Å²) in [6.45, 7) is 5.92. The fourth-order valence-corrected chi connectivity index (χ4v) is 1.80. The standard InChI is InChI=1S/C7H9NS2/c1-5-4-8-7(10-5)6(2)9-3/h4H,2H2,1,3H3. The zero-order valence-electron chi connectivity index (χ0n) is 6.05. The van der Waals surface area contributed by atoms with Crippen LogP contribution in [0.5, 0.6) is 0 Å². The van der Waals surface area contributed by atoms with E-state index in [4.69, 9.17) is 0 Å². The third-order valence-electron chi connectivity index (χ3n) is 1.11. The molecule has 0 saturated carbocycles. The van der Waals surface area contributed by atoms with Crippen molar-refractivity contribution < 1.29 is 0 Å². The van der Waals surface area contributed by atoms with E-state index in [1.165, 1.54) is 4.88 Å². The van der Waals surface area contributed by atoms with Crippen LogP contribution in [0.2, 0.25) is 0 Å². The van der Waals surface area contributed by atoms with Crippen LogP contribution in [-0.2, 0) is 0 Å². The third-order valence-corrected chi connectivity index (χ3v) is 2.89. The van der Waals surface area contributed by atoms with Crippen molar-refractivity contribution in [3.8, 4) is 0 Å². The van der Waals surface area contributed by atoms with Crippen LogP contribution in [0.3, 0.4) is 0 Å². The van der Waals surface area contributed by atoms with Gasteiger partial charge in [-0.05, 0) is 13.2 Å². The fourth-order valence-electron chi connectivity index (χ4n) is 0.571. The molecular formula is C7H9NS2. The first kappa shape index (κ1) is 7.82. The maximum Gasteiger partial charge on any atom is 0.129 e. The van der Waals surface area contributed by atoms with Gasteiger partial charge >= 0.3 is 0 Å². The lowest BCUT2D eigenvalue weighted by Gasteiger charge is -1.91. The molecule has 0 fully saturated rings. The topological polar surface area (TPSA) is 12.9 Å². The number of hydrogen-bond acceptors (Lipinski definition) is 3. The summed E-state index contributed by atoms with van der Waals surface area (Å²) in [6.07, 6.45) is 3.89. The highest BCUT2D eigenvalue weighted by molar-refractivity contribution is 8.07. The molecule has 1 nitrogen and oxygen atoms in total. The lowest BCUT2D eigenvalue weighted by Crippen LogP contribution is -1.70. The minimum atomic E-state index is 1.05. The smallest absolute Gasteiger partial charge is 0.129 e. The summed E-state index contributed by atoms with van der Waals surface area (Å²) in [5.41, 5.74) is 0. The van der Waals surface area contributed by atoms with E-state index < -0.39 is 0 Å². The molecular weight excluding hydrogens is 162 g/mol. The predicted octanol–water partition coefficient (Wildman–Crippen LogP) is 2.79. The summed E-state index contributed by atoms with van der Waals surface area (Å²) >= 11 is 3.33. The predicted molar refractivity (Wildman–Crippen MR) is 49.4 cm³/mol. The van der Waals surface area contributed by atoms with Crippen LogP contribution in [0, 0.1) is 6.92 Å². The van der Waals surface area contributed by atoms with Gasteiger partial charge in [-0.15, -0.1) is 23.1 Å². The van der Waals surface area contributed by atoms with Crippen molar-refractivity contribution in [2.45, 2.75) is 6.92 Å². The van der Waals surface area contributed by atoms with Gasteiger partial charge in [0.15, 0.2) is 0 Å². The molecule has 0 aliphatic heterocycles. The zero-order chi connectivity index (χ0) is 7.56. The normalized spacial score (nSPS) is 9.80. The number of aryl methyl sites for hydroxylation is 1. The molecule has 54 valence electrons. The summed E-state index contributed by atoms with van der Waals surface area (Å²) in [7, 11) is 0. The molecule has 0 amide bonds. The second-order valence-electron chi connectivity index (χ2n) is 1.90. The average Bonchev–Trinajstić information content (AvgIpc) is 2.34. The van der Waals surface area contributed by atoms with Crippen molar-refractivity contribution >= 4 is 28.0 Å². The minimum Gasteiger partial charge on any atom is -0.244 e. The van der Waals surface area contributed by atoms with Gasteiger partial charge in [0.25, 0.3) is 0 Å². The van der Waals surface area contributed by atoms with Crippen molar-refractivity contribution in [2.75, 3.05) is 6.26 Å². The van der Waals surface area contributed by atoms with Crippen LogP contribution in [-0.4, -0.2) is 11.2 Å². The molecule has 0 aromatic carbocycles. The Labute approximate surface area is 69.2 Å². The Morgan fingerprint density at radius 2 is 2.50 bits per heavy atom. The van der Waals surface area contributed by atoms with Gasteiger partial charge in [-0.2, -0.15) is 0 Å². The molecule has 0 bridgehead atoms. The third kappa shape index (κ3) is 1.61. The van der Waals surface area contributed by atoms with Gasteiger partial charge in [0.2, 0.25) is 0 Å². The summed E-state index contributed by atoms with van der Waals surface area (Å²) in [5.74, 6) is 0. The maximum absolute atomic E-state index is 4.18. The van der Waals surface area contributed by atoms with E-state index in [9.17, 15) is 0 Å². The molecule has 3 heteroatoms. The fraction of sp³-hybridized carbons (Fsp3) is 0.286. The highest BCUT2D eigenvalue weighted by atomic mass is 32.2. The second-order valence-corrected chi connectivity index (χ2v) is 4.04. The zero-order valence-corrected chi connectivity index (χ0v) is 7.68. The van der Waals surface area contributed by atoms with Crippen LogP contribution < -0.4 is 0 Å². The van der Waals surface area contributed by atoms with E-state index in [0.29, 0.717) is 0 Å². The van der Waals surface area contributed by atoms with Gasteiger partial charge in [0.05, 0.1) is 0 Å². The van der Waals surface area contributed by atoms with Crippen molar-refractivity contribution in [3.63, 3.8) is 0 Å². The molecule has 1 aromatic heterocycles. The molecule has 1 heterocycles. The Balaban J connectivity index is 2.85. The van der Waals surface area contributed by atoms with Gasteiger partial charge in [0.1, 0.15) is 5.01 Å². The molecule has 0 atom stereocenters. The Morgan fingerprint density at radius 1 is 1.80 bits per heavy atom. The Kier molecular flexibility index (Phi) is 2.51. The quantitative estimate of drug-likeness (QED) is 0.678. The second kappa shape index (κ2) is 3.21. The van der Waals surface area contributed by atoms with Crippen LogP contribution in [0.4, 0.5) is 0 Å². The SMILES string of the molecule is C=C(SC)c1ncc(C)s1. The molecule has 1 rings (SSSR count). The van der Waals surface area contributed by atoms with E-state index >= 15 is 0 Å². The number of aromatic nitrogens is 1. The summed E-state index contributed by atoms with van der Waals surface area (Å²) < 4.78 is 0. The number of nitrogens with zero attached hydrogens (tertiary/aromatic N) is 1. The number of rotatable bonds is 2. The molecule has 0 saturated heterocycles. The van der Waals surface area contributed by atoms with Crippen molar-refractivity contribution in [1.82, 2.24) is 4.98 Å². The molecule has 0 N–H and O–H groups in total. The van der Waals surface area contributed by atoms with Crippen molar-refractivity contribution in [2.24, 2.45) is 0 Å². The molecule has 0 aliphatic carbocycles. The van der Waals surface area contributed by atoms with Crippen molar-refractivity contribution in [3.05, 3.63) is 22.7 Å². The first-order valence-corrected chi connectivity index (χ1v) is 4.94. The van der Waals surface area contributed by atoms with Crippen LogP contribution in [0.1, 0.15) is 9.88 Å². The molecule has 0 unspecified atom stereocenters. The van der Waals surface area contributed by atoms with Crippen LogP contribution >= 0.6 is 23.1 Å². The number of thiazole rings is 1.